The van der Waals surface area contributed by atoms with E-state index in [9.17, 15) is 9.59 Å². The fourth-order valence-electron chi connectivity index (χ4n) is 2.03. The number of hydrogen-bond acceptors (Lipinski definition) is 3. The first kappa shape index (κ1) is 14.3. The molecule has 0 saturated heterocycles. The summed E-state index contributed by atoms with van der Waals surface area (Å²) >= 11 is 6.62. The van der Waals surface area contributed by atoms with E-state index in [0.717, 1.165) is 15.7 Å². The maximum atomic E-state index is 12.3. The van der Waals surface area contributed by atoms with Gasteiger partial charge in [-0.15, -0.1) is 0 Å². The maximum absolute atomic E-state index is 12.3. The van der Waals surface area contributed by atoms with Crippen molar-refractivity contribution in [3.63, 3.8) is 0 Å². The Morgan fingerprint density at radius 2 is 2.11 bits per heavy atom. The number of anilines is 1. The minimum atomic E-state index is -0.499. The molecule has 6 heteroatoms. The van der Waals surface area contributed by atoms with Crippen molar-refractivity contribution >= 4 is 55.0 Å². The molecular weight excluding hydrogens is 378 g/mol. The van der Waals surface area contributed by atoms with E-state index in [0.29, 0.717) is 11.1 Å². The lowest BCUT2D eigenvalue weighted by molar-refractivity contribution is -0.136. The Hall–Kier alpha value is -1.14. The molecule has 0 N–H and O–H groups in total. The molecule has 0 radical (unpaired) electrons. The van der Waals surface area contributed by atoms with Gasteiger partial charge in [-0.25, -0.2) is 4.79 Å². The first-order valence-corrected chi connectivity index (χ1v) is 7.38. The van der Waals surface area contributed by atoms with Crippen molar-refractivity contribution < 1.29 is 14.3 Å². The van der Waals surface area contributed by atoms with Gasteiger partial charge in [0.25, 0.3) is 5.91 Å². The summed E-state index contributed by atoms with van der Waals surface area (Å²) in [7, 11) is 2.99. The van der Waals surface area contributed by atoms with E-state index < -0.39 is 5.97 Å². The van der Waals surface area contributed by atoms with Crippen LogP contribution in [-0.4, -0.2) is 31.4 Å². The van der Waals surface area contributed by atoms with Gasteiger partial charge in [0.05, 0.1) is 23.9 Å². The lowest BCUT2D eigenvalue weighted by Crippen LogP contribution is -2.22. The fourth-order valence-corrected chi connectivity index (χ4v) is 2.90. The molecule has 1 amide bonds. The molecule has 0 saturated carbocycles. The number of amides is 1. The number of esters is 1. The molecule has 1 aromatic carbocycles. The largest absolute Gasteiger partial charge is 0.466 e. The predicted molar refractivity (Wildman–Crippen MR) is 80.3 cm³/mol. The van der Waals surface area contributed by atoms with E-state index in [2.05, 4.69) is 31.9 Å². The van der Waals surface area contributed by atoms with E-state index in [4.69, 9.17) is 4.74 Å². The van der Waals surface area contributed by atoms with E-state index in [1.54, 1.807) is 7.05 Å². The van der Waals surface area contributed by atoms with Gasteiger partial charge in [-0.2, -0.15) is 0 Å². The first-order chi connectivity index (χ1) is 9.01. The van der Waals surface area contributed by atoms with Crippen LogP contribution in [-0.2, 0) is 14.3 Å². The molecule has 0 fully saturated rings. The molecule has 100 valence electrons. The third-order valence-electron chi connectivity index (χ3n) is 2.97. The summed E-state index contributed by atoms with van der Waals surface area (Å²) in [5.74, 6) is -0.700. The SMILES string of the molecule is COC(=O)/C(CBr)=C1\C(=O)N(C)c2ccc(Br)cc21. The second-order valence-corrected chi connectivity index (χ2v) is 5.48. The summed E-state index contributed by atoms with van der Waals surface area (Å²) in [6.45, 7) is 0. The zero-order valence-electron chi connectivity index (χ0n) is 10.4. The zero-order valence-corrected chi connectivity index (χ0v) is 13.5. The van der Waals surface area contributed by atoms with Crippen molar-refractivity contribution in [1.82, 2.24) is 0 Å². The summed E-state index contributed by atoms with van der Waals surface area (Å²) in [6, 6.07) is 5.53. The Kier molecular flexibility index (Phi) is 4.10. The minimum absolute atomic E-state index is 0.201. The van der Waals surface area contributed by atoms with Gasteiger partial charge in [0.1, 0.15) is 0 Å². The Morgan fingerprint density at radius 1 is 1.42 bits per heavy atom. The lowest BCUT2D eigenvalue weighted by Gasteiger charge is -2.08. The fraction of sp³-hybridized carbons (Fsp3) is 0.231. The number of carbonyl (C=O) groups excluding carboxylic acids is 2. The summed E-state index contributed by atoms with van der Waals surface area (Å²) in [6.07, 6.45) is 0. The molecule has 0 aromatic heterocycles. The van der Waals surface area contributed by atoms with Crippen LogP contribution in [0.15, 0.2) is 28.2 Å². The number of ether oxygens (including phenoxy) is 1. The van der Waals surface area contributed by atoms with Gasteiger partial charge < -0.3 is 9.64 Å². The van der Waals surface area contributed by atoms with Crippen LogP contribution in [0, 0.1) is 0 Å². The Morgan fingerprint density at radius 3 is 2.68 bits per heavy atom. The summed E-state index contributed by atoms with van der Waals surface area (Å²) in [5.41, 5.74) is 2.24. The van der Waals surface area contributed by atoms with Crippen molar-refractivity contribution in [2.24, 2.45) is 0 Å². The van der Waals surface area contributed by atoms with Gasteiger partial charge in [0.2, 0.25) is 0 Å². The van der Waals surface area contributed by atoms with Crippen LogP contribution < -0.4 is 4.90 Å². The summed E-state index contributed by atoms with van der Waals surface area (Å²) in [4.78, 5) is 25.6. The quantitative estimate of drug-likeness (QED) is 0.444. The van der Waals surface area contributed by atoms with Gasteiger partial charge in [-0.1, -0.05) is 31.9 Å². The Balaban J connectivity index is 2.72. The molecular formula is C13H11Br2NO3. The third-order valence-corrected chi connectivity index (χ3v) is 4.03. The first-order valence-electron chi connectivity index (χ1n) is 5.46. The van der Waals surface area contributed by atoms with Gasteiger partial charge in [0.15, 0.2) is 0 Å². The van der Waals surface area contributed by atoms with Crippen molar-refractivity contribution in [2.45, 2.75) is 0 Å². The molecule has 0 atom stereocenters. The summed E-state index contributed by atoms with van der Waals surface area (Å²) < 4.78 is 5.59. The Bertz CT molecular complexity index is 596. The normalized spacial score (nSPS) is 16.4. The van der Waals surface area contributed by atoms with Crippen LogP contribution in [0.3, 0.4) is 0 Å². The second-order valence-electron chi connectivity index (χ2n) is 4.00. The average Bonchev–Trinajstić information content (AvgIpc) is 2.64. The zero-order chi connectivity index (χ0) is 14.2. The molecule has 0 spiro atoms. The molecule has 1 aliphatic heterocycles. The number of rotatable bonds is 2. The maximum Gasteiger partial charge on any atom is 0.335 e. The van der Waals surface area contributed by atoms with Gasteiger partial charge in [0, 0.05) is 22.4 Å². The Labute approximate surface area is 127 Å². The van der Waals surface area contributed by atoms with Gasteiger partial charge >= 0.3 is 5.97 Å². The molecule has 2 rings (SSSR count). The number of hydrogen-bond donors (Lipinski definition) is 0. The number of nitrogens with zero attached hydrogens (tertiary/aromatic N) is 1. The number of halogens is 2. The molecule has 1 aliphatic rings. The van der Waals surface area contributed by atoms with Crippen LogP contribution in [0.2, 0.25) is 0 Å². The van der Waals surface area contributed by atoms with Crippen LogP contribution >= 0.6 is 31.9 Å². The molecule has 19 heavy (non-hydrogen) atoms. The van der Waals surface area contributed by atoms with Crippen molar-refractivity contribution in [3.8, 4) is 0 Å². The predicted octanol–water partition coefficient (Wildman–Crippen LogP) is 2.75. The highest BCUT2D eigenvalue weighted by atomic mass is 79.9. The lowest BCUT2D eigenvalue weighted by atomic mass is 10.0. The highest BCUT2D eigenvalue weighted by molar-refractivity contribution is 9.10. The van der Waals surface area contributed by atoms with Crippen LogP contribution in [0.5, 0.6) is 0 Å². The van der Waals surface area contributed by atoms with Crippen LogP contribution in [0.4, 0.5) is 5.69 Å². The number of methoxy groups -OCH3 is 1. The molecule has 0 aliphatic carbocycles. The molecule has 0 unspecified atom stereocenters. The van der Waals surface area contributed by atoms with Crippen molar-refractivity contribution in [1.29, 1.82) is 0 Å². The van der Waals surface area contributed by atoms with Gasteiger partial charge in [-0.3, -0.25) is 4.79 Å². The highest BCUT2D eigenvalue weighted by Crippen LogP contribution is 2.39. The number of alkyl halides is 1. The summed E-state index contributed by atoms with van der Waals surface area (Å²) in [5, 5.41) is 0.264. The van der Waals surface area contributed by atoms with Crippen LogP contribution in [0.25, 0.3) is 5.57 Å². The topological polar surface area (TPSA) is 46.6 Å². The number of carbonyl (C=O) groups is 2. The van der Waals surface area contributed by atoms with E-state index in [-0.39, 0.29) is 11.2 Å². The van der Waals surface area contributed by atoms with E-state index in [1.165, 1.54) is 12.0 Å². The van der Waals surface area contributed by atoms with Crippen molar-refractivity contribution in [2.75, 3.05) is 24.4 Å². The molecule has 1 aromatic rings. The smallest absolute Gasteiger partial charge is 0.335 e. The molecule has 1 heterocycles. The van der Waals surface area contributed by atoms with Crippen molar-refractivity contribution in [3.05, 3.63) is 33.8 Å². The second kappa shape index (κ2) is 5.46. The number of benzene rings is 1. The van der Waals surface area contributed by atoms with Gasteiger partial charge in [-0.05, 0) is 18.2 Å². The molecule has 4 nitrogen and oxygen atoms in total. The standard InChI is InChI=1S/C13H11Br2NO3/c1-16-10-4-3-7(15)5-8(10)11(12(16)17)9(6-14)13(18)19-2/h3-5H,6H2,1-2H3/b11-9-. The number of likely N-dealkylation sites (N-methyl/N-ethyl adjacent to an activating group) is 1. The monoisotopic (exact) mass is 387 g/mol. The third kappa shape index (κ3) is 2.34. The minimum Gasteiger partial charge on any atom is -0.466 e. The highest BCUT2D eigenvalue weighted by Gasteiger charge is 2.34. The van der Waals surface area contributed by atoms with E-state index in [1.807, 2.05) is 18.2 Å². The van der Waals surface area contributed by atoms with E-state index >= 15 is 0 Å². The van der Waals surface area contributed by atoms with Crippen LogP contribution in [0.1, 0.15) is 5.56 Å². The molecule has 0 bridgehead atoms. The average molecular weight is 389 g/mol. The number of fused-ring (bicyclic) bond motifs is 1.